The lowest BCUT2D eigenvalue weighted by Crippen LogP contribution is -2.30. The Morgan fingerprint density at radius 1 is 0.628 bits per heavy atom. The summed E-state index contributed by atoms with van der Waals surface area (Å²) in [6, 6.07) is 37.1. The van der Waals surface area contributed by atoms with Crippen LogP contribution in [0, 0.1) is 0 Å². The summed E-state index contributed by atoms with van der Waals surface area (Å²) in [4.78, 5) is 15.7. The normalized spacial score (nSPS) is 15.4. The standard InChI is InChI=1S/C40H28OS2/c1-40(2)33-19-17-23(25-11-7-13-29-27-9-3-5-15-35(27)42-38(25)29)21-31(33)37(41)32-22-24(18-20-34(32)40)26-12-8-14-30-28-10-4-6-16-36(28)43-39(26)30/h3-7,9-13,15-22H,8,14H2,1-2H3. The van der Waals surface area contributed by atoms with E-state index in [0.29, 0.717) is 0 Å². The SMILES string of the molecule is CC1(C)c2ccc(C3=CCCc4c3sc3ccccc43)cc2C(=O)c2cc(-c3cccc4c3sc3ccccc34)ccc21. The largest absolute Gasteiger partial charge is 0.289 e. The van der Waals surface area contributed by atoms with E-state index in [1.807, 2.05) is 22.7 Å². The van der Waals surface area contributed by atoms with E-state index in [-0.39, 0.29) is 11.2 Å². The van der Waals surface area contributed by atoms with Gasteiger partial charge in [0.05, 0.1) is 0 Å². The van der Waals surface area contributed by atoms with Gasteiger partial charge in [0, 0.05) is 46.3 Å². The van der Waals surface area contributed by atoms with Crippen molar-refractivity contribution in [3.8, 4) is 11.1 Å². The average molecular weight is 589 g/mol. The molecule has 2 aliphatic rings. The van der Waals surface area contributed by atoms with E-state index in [1.54, 1.807) is 0 Å². The lowest BCUT2D eigenvalue weighted by molar-refractivity contribution is 0.103. The maximum atomic E-state index is 14.4. The molecule has 43 heavy (non-hydrogen) atoms. The van der Waals surface area contributed by atoms with Gasteiger partial charge in [-0.1, -0.05) is 98.8 Å². The second kappa shape index (κ2) is 9.09. The number of rotatable bonds is 2. The molecule has 0 bridgehead atoms. The lowest BCUT2D eigenvalue weighted by atomic mass is 9.67. The Labute approximate surface area is 258 Å². The van der Waals surface area contributed by atoms with Crippen molar-refractivity contribution in [1.82, 2.24) is 0 Å². The predicted molar refractivity (Wildman–Crippen MR) is 184 cm³/mol. The summed E-state index contributed by atoms with van der Waals surface area (Å²) in [6.07, 6.45) is 4.47. The topological polar surface area (TPSA) is 17.1 Å². The first-order chi connectivity index (χ1) is 21.0. The van der Waals surface area contributed by atoms with Gasteiger partial charge in [0.15, 0.2) is 5.78 Å². The summed E-state index contributed by atoms with van der Waals surface area (Å²) in [6.45, 7) is 4.51. The number of ketones is 1. The Morgan fingerprint density at radius 2 is 1.28 bits per heavy atom. The van der Waals surface area contributed by atoms with E-state index >= 15 is 0 Å². The van der Waals surface area contributed by atoms with Crippen LogP contribution >= 0.6 is 22.7 Å². The maximum Gasteiger partial charge on any atom is 0.193 e. The molecule has 0 saturated carbocycles. The van der Waals surface area contributed by atoms with Gasteiger partial charge < -0.3 is 0 Å². The van der Waals surface area contributed by atoms with Crippen LogP contribution in [0.15, 0.2) is 109 Å². The van der Waals surface area contributed by atoms with Crippen LogP contribution in [0.2, 0.25) is 0 Å². The molecule has 2 aliphatic carbocycles. The zero-order valence-corrected chi connectivity index (χ0v) is 25.7. The van der Waals surface area contributed by atoms with Crippen LogP contribution < -0.4 is 0 Å². The fraction of sp³-hybridized carbons (Fsp3) is 0.125. The molecule has 206 valence electrons. The lowest BCUT2D eigenvalue weighted by Gasteiger charge is -2.35. The minimum absolute atomic E-state index is 0.129. The molecule has 2 aromatic heterocycles. The first kappa shape index (κ1) is 25.2. The van der Waals surface area contributed by atoms with Crippen LogP contribution in [-0.4, -0.2) is 5.78 Å². The number of allylic oxidation sites excluding steroid dienone is 1. The van der Waals surface area contributed by atoms with Crippen molar-refractivity contribution in [3.05, 3.63) is 147 Å². The number of aryl methyl sites for hydroxylation is 1. The number of hydrogen-bond acceptors (Lipinski definition) is 3. The van der Waals surface area contributed by atoms with E-state index in [4.69, 9.17) is 0 Å². The van der Waals surface area contributed by atoms with Crippen molar-refractivity contribution in [2.24, 2.45) is 0 Å². The van der Waals surface area contributed by atoms with Gasteiger partial charge in [-0.15, -0.1) is 22.7 Å². The molecule has 0 amide bonds. The number of thiophene rings is 2. The van der Waals surface area contributed by atoms with Crippen molar-refractivity contribution < 1.29 is 4.79 Å². The molecule has 0 fully saturated rings. The van der Waals surface area contributed by atoms with Crippen LogP contribution in [0.5, 0.6) is 0 Å². The van der Waals surface area contributed by atoms with E-state index in [1.165, 1.54) is 51.8 Å². The molecule has 0 saturated heterocycles. The first-order valence-electron chi connectivity index (χ1n) is 14.9. The van der Waals surface area contributed by atoms with Crippen LogP contribution in [0.3, 0.4) is 0 Å². The Hall–Kier alpha value is -4.31. The summed E-state index contributed by atoms with van der Waals surface area (Å²) in [7, 11) is 0. The third-order valence-electron chi connectivity index (χ3n) is 9.59. The molecule has 0 atom stereocenters. The van der Waals surface area contributed by atoms with Gasteiger partial charge in [-0.2, -0.15) is 0 Å². The number of fused-ring (bicyclic) bond motifs is 8. The zero-order valence-electron chi connectivity index (χ0n) is 24.0. The number of carbonyl (C=O) groups is 1. The molecule has 9 rings (SSSR count). The summed E-state index contributed by atoms with van der Waals surface area (Å²) in [5, 5.41) is 3.94. The fourth-order valence-electron chi connectivity index (χ4n) is 7.42. The highest BCUT2D eigenvalue weighted by Crippen LogP contribution is 2.47. The van der Waals surface area contributed by atoms with Crippen LogP contribution in [0.25, 0.3) is 47.0 Å². The van der Waals surface area contributed by atoms with Gasteiger partial charge in [-0.25, -0.2) is 0 Å². The zero-order chi connectivity index (χ0) is 28.9. The van der Waals surface area contributed by atoms with Crippen molar-refractivity contribution >= 4 is 64.3 Å². The molecule has 0 spiro atoms. The van der Waals surface area contributed by atoms with Crippen molar-refractivity contribution in [3.63, 3.8) is 0 Å². The Kier molecular flexibility index (Phi) is 5.33. The van der Waals surface area contributed by atoms with Gasteiger partial charge in [0.2, 0.25) is 0 Å². The van der Waals surface area contributed by atoms with Crippen molar-refractivity contribution in [2.75, 3.05) is 0 Å². The number of benzene rings is 5. The minimum atomic E-state index is -0.275. The van der Waals surface area contributed by atoms with Gasteiger partial charge >= 0.3 is 0 Å². The highest BCUT2D eigenvalue weighted by Gasteiger charge is 2.37. The number of hydrogen-bond donors (Lipinski definition) is 0. The van der Waals surface area contributed by atoms with Crippen molar-refractivity contribution in [2.45, 2.75) is 32.1 Å². The van der Waals surface area contributed by atoms with Gasteiger partial charge in [-0.05, 0) is 81.4 Å². The molecular formula is C40H28OS2. The summed E-state index contributed by atoms with van der Waals surface area (Å²) in [5.41, 5.74) is 9.76. The Morgan fingerprint density at radius 3 is 2.07 bits per heavy atom. The quantitative estimate of drug-likeness (QED) is 0.196. The molecular weight excluding hydrogens is 561 g/mol. The highest BCUT2D eigenvalue weighted by atomic mass is 32.1. The summed E-state index contributed by atoms with van der Waals surface area (Å²) in [5.74, 6) is 0.129. The third kappa shape index (κ3) is 3.59. The van der Waals surface area contributed by atoms with E-state index in [0.717, 1.165) is 46.2 Å². The molecule has 0 unspecified atom stereocenters. The summed E-state index contributed by atoms with van der Waals surface area (Å²) < 4.78 is 3.91. The molecule has 3 heteroatoms. The van der Waals surface area contributed by atoms with Gasteiger partial charge in [0.1, 0.15) is 0 Å². The van der Waals surface area contributed by atoms with Gasteiger partial charge in [0.25, 0.3) is 0 Å². The van der Waals surface area contributed by atoms with Gasteiger partial charge in [-0.3, -0.25) is 4.79 Å². The molecule has 5 aromatic carbocycles. The molecule has 0 radical (unpaired) electrons. The number of carbonyl (C=O) groups excluding carboxylic acids is 1. The Balaban J connectivity index is 1.18. The fourth-order valence-corrected chi connectivity index (χ4v) is 9.97. The van der Waals surface area contributed by atoms with Crippen LogP contribution in [0.1, 0.15) is 63.3 Å². The molecule has 7 aromatic rings. The second-order valence-electron chi connectivity index (χ2n) is 12.3. The first-order valence-corrected chi connectivity index (χ1v) is 16.6. The summed E-state index contributed by atoms with van der Waals surface area (Å²) >= 11 is 3.71. The second-order valence-corrected chi connectivity index (χ2v) is 14.4. The smallest absolute Gasteiger partial charge is 0.193 e. The Bertz CT molecular complexity index is 2340. The average Bonchev–Trinajstić information content (AvgIpc) is 3.62. The molecule has 0 aliphatic heterocycles. The predicted octanol–water partition coefficient (Wildman–Crippen LogP) is 11.2. The maximum absolute atomic E-state index is 14.4. The highest BCUT2D eigenvalue weighted by molar-refractivity contribution is 7.26. The molecule has 1 nitrogen and oxygen atoms in total. The van der Waals surface area contributed by atoms with E-state index < -0.39 is 0 Å². The van der Waals surface area contributed by atoms with E-state index in [9.17, 15) is 4.79 Å². The minimum Gasteiger partial charge on any atom is -0.289 e. The van der Waals surface area contributed by atoms with Crippen LogP contribution in [0.4, 0.5) is 0 Å². The molecule has 0 N–H and O–H groups in total. The monoisotopic (exact) mass is 588 g/mol. The van der Waals surface area contributed by atoms with Crippen LogP contribution in [-0.2, 0) is 11.8 Å². The molecule has 2 heterocycles. The van der Waals surface area contributed by atoms with E-state index in [2.05, 4.69) is 123 Å². The van der Waals surface area contributed by atoms with Crippen molar-refractivity contribution in [1.29, 1.82) is 0 Å². The third-order valence-corrected chi connectivity index (χ3v) is 12.1.